The van der Waals surface area contributed by atoms with Crippen molar-refractivity contribution in [3.8, 4) is 5.69 Å². The van der Waals surface area contributed by atoms with E-state index in [1.54, 1.807) is 6.20 Å². The highest BCUT2D eigenvalue weighted by Gasteiger charge is 2.34. The van der Waals surface area contributed by atoms with Crippen LogP contribution in [0, 0.1) is 6.92 Å². The molecule has 2 aromatic heterocycles. The van der Waals surface area contributed by atoms with E-state index in [1.165, 1.54) is 5.56 Å². The van der Waals surface area contributed by atoms with E-state index < -0.39 is 5.92 Å². The lowest BCUT2D eigenvalue weighted by molar-refractivity contribution is -0.0450. The Labute approximate surface area is 151 Å². The lowest BCUT2D eigenvalue weighted by Crippen LogP contribution is -2.38. The second-order valence-electron chi connectivity index (χ2n) is 6.95. The van der Waals surface area contributed by atoms with Crippen LogP contribution in [0.15, 0.2) is 55.4 Å². The summed E-state index contributed by atoms with van der Waals surface area (Å²) in [6.45, 7) is 6.83. The number of nitrogens with zero attached hydrogens (tertiary/aromatic N) is 3. The summed E-state index contributed by atoms with van der Waals surface area (Å²) in [7, 11) is 0. The van der Waals surface area contributed by atoms with Crippen LogP contribution in [0.3, 0.4) is 0 Å². The van der Waals surface area contributed by atoms with Crippen molar-refractivity contribution >= 4 is 16.7 Å². The molecule has 0 bridgehead atoms. The molecule has 4 rings (SSSR count). The van der Waals surface area contributed by atoms with Gasteiger partial charge in [-0.25, -0.2) is 13.8 Å². The van der Waals surface area contributed by atoms with Crippen LogP contribution < -0.4 is 0 Å². The molecule has 1 aromatic carbocycles. The van der Waals surface area contributed by atoms with Crippen LogP contribution in [0.25, 0.3) is 22.4 Å². The number of fused-ring (bicyclic) bond motifs is 1. The Kier molecular flexibility index (Phi) is 4.02. The van der Waals surface area contributed by atoms with Crippen molar-refractivity contribution < 1.29 is 8.78 Å². The molecular weight excluding hydrogens is 332 g/mol. The van der Waals surface area contributed by atoms with Gasteiger partial charge >= 0.3 is 0 Å². The molecule has 1 aliphatic heterocycles. The van der Waals surface area contributed by atoms with Crippen molar-refractivity contribution in [2.24, 2.45) is 0 Å². The average molecular weight is 353 g/mol. The average Bonchev–Trinajstić information content (AvgIpc) is 3.05. The first-order valence-electron chi connectivity index (χ1n) is 8.79. The molecular formula is C21H21F2N3. The van der Waals surface area contributed by atoms with E-state index >= 15 is 0 Å². The molecule has 3 nitrogen and oxygen atoms in total. The SMILES string of the molecule is C=C(c1cnc2c(ccn2-c2ccc(C)cc2)c1)N1CCC(F)(F)CC1. The molecule has 3 heterocycles. The molecule has 0 atom stereocenters. The van der Waals surface area contributed by atoms with Crippen molar-refractivity contribution in [2.75, 3.05) is 13.1 Å². The van der Waals surface area contributed by atoms with Gasteiger partial charge < -0.3 is 9.47 Å². The first-order valence-corrected chi connectivity index (χ1v) is 8.79. The maximum atomic E-state index is 13.4. The Balaban J connectivity index is 1.61. The van der Waals surface area contributed by atoms with E-state index in [2.05, 4.69) is 42.8 Å². The summed E-state index contributed by atoms with van der Waals surface area (Å²) in [5, 5.41) is 1.01. The molecule has 134 valence electrons. The lowest BCUT2D eigenvalue weighted by Gasteiger charge is -2.34. The van der Waals surface area contributed by atoms with Crippen LogP contribution in [0.4, 0.5) is 8.78 Å². The van der Waals surface area contributed by atoms with Crippen molar-refractivity contribution in [2.45, 2.75) is 25.7 Å². The molecule has 1 aliphatic rings. The molecule has 1 saturated heterocycles. The van der Waals surface area contributed by atoms with E-state index in [0.29, 0.717) is 13.1 Å². The minimum absolute atomic E-state index is 0.120. The maximum Gasteiger partial charge on any atom is 0.251 e. The Morgan fingerprint density at radius 1 is 1.12 bits per heavy atom. The zero-order valence-electron chi connectivity index (χ0n) is 14.8. The number of likely N-dealkylation sites (tertiary alicyclic amines) is 1. The number of hydrogen-bond donors (Lipinski definition) is 0. The van der Waals surface area contributed by atoms with E-state index in [9.17, 15) is 8.78 Å². The summed E-state index contributed by atoms with van der Waals surface area (Å²) in [5.74, 6) is -2.55. The summed E-state index contributed by atoms with van der Waals surface area (Å²) >= 11 is 0. The second-order valence-corrected chi connectivity index (χ2v) is 6.95. The molecule has 5 heteroatoms. The van der Waals surface area contributed by atoms with Gasteiger partial charge in [0.15, 0.2) is 0 Å². The predicted octanol–water partition coefficient (Wildman–Crippen LogP) is 5.04. The first-order chi connectivity index (χ1) is 12.4. The van der Waals surface area contributed by atoms with Crippen molar-refractivity contribution in [1.29, 1.82) is 0 Å². The zero-order chi connectivity index (χ0) is 18.3. The molecule has 1 fully saturated rings. The maximum absolute atomic E-state index is 13.4. The molecule has 0 unspecified atom stereocenters. The Morgan fingerprint density at radius 3 is 2.50 bits per heavy atom. The van der Waals surface area contributed by atoms with Crippen LogP contribution in [0.1, 0.15) is 24.0 Å². The van der Waals surface area contributed by atoms with Crippen LogP contribution in [0.5, 0.6) is 0 Å². The quantitative estimate of drug-likeness (QED) is 0.658. The van der Waals surface area contributed by atoms with Gasteiger partial charge in [-0.1, -0.05) is 24.3 Å². The fourth-order valence-electron chi connectivity index (χ4n) is 3.38. The van der Waals surface area contributed by atoms with Gasteiger partial charge in [0.1, 0.15) is 5.65 Å². The van der Waals surface area contributed by atoms with E-state index in [0.717, 1.165) is 28.0 Å². The third kappa shape index (κ3) is 3.09. The standard InChI is InChI=1S/C21H21F2N3/c1-15-3-5-19(6-4-15)26-10-7-17-13-18(14-24-20(17)26)16(2)25-11-8-21(22,23)9-12-25/h3-7,10,13-14H,2,8-9,11-12H2,1H3. The number of piperidine rings is 1. The Bertz CT molecular complexity index is 947. The number of hydrogen-bond acceptors (Lipinski definition) is 2. The van der Waals surface area contributed by atoms with E-state index in [4.69, 9.17) is 0 Å². The van der Waals surface area contributed by atoms with Crippen molar-refractivity contribution in [3.63, 3.8) is 0 Å². The van der Waals surface area contributed by atoms with Gasteiger partial charge in [-0.2, -0.15) is 0 Å². The number of aryl methyl sites for hydroxylation is 1. The highest BCUT2D eigenvalue weighted by molar-refractivity contribution is 5.81. The number of aromatic nitrogens is 2. The molecule has 26 heavy (non-hydrogen) atoms. The predicted molar refractivity (Wildman–Crippen MR) is 101 cm³/mol. The summed E-state index contributed by atoms with van der Waals surface area (Å²) in [6.07, 6.45) is 3.54. The third-order valence-corrected chi connectivity index (χ3v) is 5.05. The summed E-state index contributed by atoms with van der Waals surface area (Å²) in [4.78, 5) is 6.54. The van der Waals surface area contributed by atoms with Gasteiger partial charge in [0, 0.05) is 60.7 Å². The Morgan fingerprint density at radius 2 is 1.81 bits per heavy atom. The van der Waals surface area contributed by atoms with Gasteiger partial charge in [0.25, 0.3) is 5.92 Å². The molecule has 3 aromatic rings. The number of benzene rings is 1. The summed E-state index contributed by atoms with van der Waals surface area (Å²) in [5.41, 5.74) is 4.78. The van der Waals surface area contributed by atoms with Crippen molar-refractivity contribution in [1.82, 2.24) is 14.5 Å². The molecule has 0 saturated carbocycles. The van der Waals surface area contributed by atoms with Gasteiger partial charge in [0.05, 0.1) is 0 Å². The smallest absolute Gasteiger partial charge is 0.251 e. The topological polar surface area (TPSA) is 21.1 Å². The number of alkyl halides is 2. The highest BCUT2D eigenvalue weighted by atomic mass is 19.3. The van der Waals surface area contributed by atoms with E-state index in [1.807, 2.05) is 27.8 Å². The Hall–Kier alpha value is -2.69. The van der Waals surface area contributed by atoms with E-state index in [-0.39, 0.29) is 12.8 Å². The normalized spacial score (nSPS) is 16.8. The number of rotatable bonds is 3. The monoisotopic (exact) mass is 353 g/mol. The fraction of sp³-hybridized carbons (Fsp3) is 0.286. The molecule has 0 amide bonds. The second kappa shape index (κ2) is 6.24. The van der Waals surface area contributed by atoms with Gasteiger partial charge in [-0.05, 0) is 31.2 Å². The number of halogens is 2. The first kappa shape index (κ1) is 16.8. The van der Waals surface area contributed by atoms with Gasteiger partial charge in [0.2, 0.25) is 0 Å². The fourth-order valence-corrected chi connectivity index (χ4v) is 3.38. The minimum atomic E-state index is -2.55. The van der Waals surface area contributed by atoms with Gasteiger partial charge in [-0.3, -0.25) is 0 Å². The van der Waals surface area contributed by atoms with Crippen molar-refractivity contribution in [3.05, 3.63) is 66.5 Å². The van der Waals surface area contributed by atoms with Crippen LogP contribution in [-0.4, -0.2) is 33.5 Å². The minimum Gasteiger partial charge on any atom is -0.371 e. The molecule has 0 spiro atoms. The van der Waals surface area contributed by atoms with Crippen LogP contribution >= 0.6 is 0 Å². The largest absolute Gasteiger partial charge is 0.371 e. The van der Waals surface area contributed by atoms with Gasteiger partial charge in [-0.15, -0.1) is 0 Å². The number of pyridine rings is 1. The van der Waals surface area contributed by atoms with Crippen LogP contribution in [0.2, 0.25) is 0 Å². The third-order valence-electron chi connectivity index (χ3n) is 5.05. The molecule has 0 aliphatic carbocycles. The van der Waals surface area contributed by atoms with Crippen LogP contribution in [-0.2, 0) is 0 Å². The highest BCUT2D eigenvalue weighted by Crippen LogP contribution is 2.32. The lowest BCUT2D eigenvalue weighted by atomic mass is 10.0. The molecule has 0 radical (unpaired) electrons. The molecule has 0 N–H and O–H groups in total. The zero-order valence-corrected chi connectivity index (χ0v) is 14.8. The summed E-state index contributed by atoms with van der Waals surface area (Å²) < 4.78 is 28.8. The summed E-state index contributed by atoms with van der Waals surface area (Å²) in [6, 6.07) is 12.3.